The van der Waals surface area contributed by atoms with Gasteiger partial charge in [-0.05, 0) is 29.3 Å². The van der Waals surface area contributed by atoms with Crippen LogP contribution < -0.4 is 11.1 Å². The number of hydrogen-bond donors (Lipinski definition) is 2. The quantitative estimate of drug-likeness (QED) is 0.826. The first-order chi connectivity index (χ1) is 8.38. The van der Waals surface area contributed by atoms with E-state index in [0.717, 1.165) is 11.6 Å². The van der Waals surface area contributed by atoms with E-state index in [0.29, 0.717) is 10.6 Å². The van der Waals surface area contributed by atoms with Crippen LogP contribution >= 0.6 is 11.6 Å². The smallest absolute Gasteiger partial charge is 0.358 e. The Balaban J connectivity index is 2.24. The van der Waals surface area contributed by atoms with Crippen LogP contribution in [0.2, 0.25) is 5.02 Å². The van der Waals surface area contributed by atoms with Crippen molar-refractivity contribution in [1.82, 2.24) is 5.32 Å². The van der Waals surface area contributed by atoms with Crippen LogP contribution in [-0.4, -0.2) is 12.2 Å². The molecule has 0 saturated heterocycles. The fourth-order valence-corrected chi connectivity index (χ4v) is 1.79. The van der Waals surface area contributed by atoms with E-state index in [1.807, 2.05) is 0 Å². The molecule has 1 atom stereocenters. The molecule has 0 fully saturated rings. The Morgan fingerprint density at radius 1 is 1.17 bits per heavy atom. The third-order valence-electron chi connectivity index (χ3n) is 2.57. The van der Waals surface area contributed by atoms with Crippen LogP contribution in [-0.2, 0) is 0 Å². The lowest BCUT2D eigenvalue weighted by atomic mass is 9.97. The molecule has 1 aromatic carbocycles. The predicted molar refractivity (Wildman–Crippen MR) is 64.7 cm³/mol. The molecule has 1 aliphatic heterocycles. The van der Waals surface area contributed by atoms with Crippen molar-refractivity contribution < 1.29 is 13.2 Å². The fraction of sp³-hybridized carbons (Fsp3) is 0.167. The summed E-state index contributed by atoms with van der Waals surface area (Å²) in [6.45, 7) is 0. The zero-order valence-corrected chi connectivity index (χ0v) is 9.89. The molecule has 18 heavy (non-hydrogen) atoms. The van der Waals surface area contributed by atoms with E-state index in [9.17, 15) is 13.2 Å². The molecule has 0 amide bonds. The standard InChI is InChI=1S/C12H10ClF3N2/c13-8-3-1-7(2-4-8)9-6-18-11(5-10(9)17)12(14,15)16/h1-6,10,18H,17H2/t10-/m1/s1. The number of alkyl halides is 3. The van der Waals surface area contributed by atoms with Crippen molar-refractivity contribution in [3.63, 3.8) is 0 Å². The number of dihydropyridines is 1. The Kier molecular flexibility index (Phi) is 3.36. The summed E-state index contributed by atoms with van der Waals surface area (Å²) in [5, 5.41) is 2.77. The molecule has 0 aromatic heterocycles. The third-order valence-corrected chi connectivity index (χ3v) is 2.82. The van der Waals surface area contributed by atoms with E-state index in [1.54, 1.807) is 24.3 Å². The van der Waals surface area contributed by atoms with Gasteiger partial charge in [0.1, 0.15) is 5.70 Å². The van der Waals surface area contributed by atoms with Gasteiger partial charge in [-0.25, -0.2) is 0 Å². The lowest BCUT2D eigenvalue weighted by molar-refractivity contribution is -0.0959. The summed E-state index contributed by atoms with van der Waals surface area (Å²) in [5.74, 6) is 0. The molecule has 1 aromatic rings. The van der Waals surface area contributed by atoms with Crippen molar-refractivity contribution in [3.05, 3.63) is 52.8 Å². The van der Waals surface area contributed by atoms with Crippen LogP contribution in [0.5, 0.6) is 0 Å². The van der Waals surface area contributed by atoms with Crippen molar-refractivity contribution in [1.29, 1.82) is 0 Å². The average molecular weight is 275 g/mol. The van der Waals surface area contributed by atoms with Gasteiger partial charge in [-0.2, -0.15) is 13.2 Å². The van der Waals surface area contributed by atoms with Gasteiger partial charge >= 0.3 is 6.18 Å². The highest BCUT2D eigenvalue weighted by atomic mass is 35.5. The Hall–Kier alpha value is -1.46. The van der Waals surface area contributed by atoms with Crippen LogP contribution in [0.15, 0.2) is 42.2 Å². The Morgan fingerprint density at radius 2 is 1.78 bits per heavy atom. The molecule has 0 aliphatic carbocycles. The number of nitrogens with one attached hydrogen (secondary N) is 1. The van der Waals surface area contributed by atoms with E-state index in [1.165, 1.54) is 6.20 Å². The molecule has 1 heterocycles. The Labute approximate surface area is 107 Å². The Morgan fingerprint density at radius 3 is 2.28 bits per heavy atom. The molecular weight excluding hydrogens is 265 g/mol. The van der Waals surface area contributed by atoms with E-state index >= 15 is 0 Å². The average Bonchev–Trinajstić information content (AvgIpc) is 2.29. The minimum atomic E-state index is -4.42. The second-order valence-electron chi connectivity index (χ2n) is 3.85. The molecule has 2 nitrogen and oxygen atoms in total. The lowest BCUT2D eigenvalue weighted by Gasteiger charge is -2.22. The largest absolute Gasteiger partial charge is 0.430 e. The minimum Gasteiger partial charge on any atom is -0.358 e. The molecule has 96 valence electrons. The van der Waals surface area contributed by atoms with Crippen LogP contribution in [0.4, 0.5) is 13.2 Å². The molecule has 0 bridgehead atoms. The van der Waals surface area contributed by atoms with E-state index in [-0.39, 0.29) is 0 Å². The van der Waals surface area contributed by atoms with Crippen LogP contribution in [0, 0.1) is 0 Å². The number of rotatable bonds is 1. The van der Waals surface area contributed by atoms with Gasteiger partial charge < -0.3 is 11.1 Å². The van der Waals surface area contributed by atoms with Gasteiger partial charge in [-0.3, -0.25) is 0 Å². The minimum absolute atomic E-state index is 0.559. The van der Waals surface area contributed by atoms with E-state index in [2.05, 4.69) is 5.32 Å². The van der Waals surface area contributed by atoms with Crippen molar-refractivity contribution in [2.75, 3.05) is 0 Å². The van der Waals surface area contributed by atoms with Crippen LogP contribution in [0.25, 0.3) is 5.57 Å². The first-order valence-electron chi connectivity index (χ1n) is 5.15. The van der Waals surface area contributed by atoms with Gasteiger partial charge in [0.15, 0.2) is 0 Å². The molecule has 1 aliphatic rings. The van der Waals surface area contributed by atoms with E-state index < -0.39 is 17.9 Å². The summed E-state index contributed by atoms with van der Waals surface area (Å²) in [6, 6.07) is 5.94. The number of nitrogens with two attached hydrogens (primary N) is 1. The second kappa shape index (κ2) is 4.66. The van der Waals surface area contributed by atoms with Gasteiger partial charge in [0.25, 0.3) is 0 Å². The molecular formula is C12H10ClF3N2. The summed E-state index contributed by atoms with van der Waals surface area (Å²) in [4.78, 5) is 0. The van der Waals surface area contributed by atoms with Gasteiger partial charge in [0, 0.05) is 11.2 Å². The van der Waals surface area contributed by atoms with Gasteiger partial charge in [-0.15, -0.1) is 0 Å². The second-order valence-corrected chi connectivity index (χ2v) is 4.29. The van der Waals surface area contributed by atoms with Crippen molar-refractivity contribution in [2.24, 2.45) is 5.73 Å². The summed E-state index contributed by atoms with van der Waals surface area (Å²) < 4.78 is 37.4. The van der Waals surface area contributed by atoms with Crippen LogP contribution in [0.1, 0.15) is 5.56 Å². The zero-order chi connectivity index (χ0) is 13.3. The summed E-state index contributed by atoms with van der Waals surface area (Å²) in [5.41, 5.74) is 6.19. The SMILES string of the molecule is N[C@@H]1C=C(C(F)(F)F)NC=C1c1ccc(Cl)cc1. The molecule has 6 heteroatoms. The van der Waals surface area contributed by atoms with E-state index in [4.69, 9.17) is 17.3 Å². The summed E-state index contributed by atoms with van der Waals surface area (Å²) >= 11 is 5.74. The first-order valence-corrected chi connectivity index (χ1v) is 5.53. The molecule has 0 unspecified atom stereocenters. The fourth-order valence-electron chi connectivity index (χ4n) is 1.66. The number of hydrogen-bond acceptors (Lipinski definition) is 2. The number of allylic oxidation sites excluding steroid dienone is 1. The van der Waals surface area contributed by atoms with Gasteiger partial charge in [0.05, 0.1) is 6.04 Å². The highest BCUT2D eigenvalue weighted by molar-refractivity contribution is 6.30. The summed E-state index contributed by atoms with van der Waals surface area (Å²) in [6.07, 6.45) is -2.18. The van der Waals surface area contributed by atoms with Gasteiger partial charge in [-0.1, -0.05) is 23.7 Å². The monoisotopic (exact) mass is 274 g/mol. The number of halogens is 4. The predicted octanol–water partition coefficient (Wildman–Crippen LogP) is 3.06. The summed E-state index contributed by atoms with van der Waals surface area (Å²) in [7, 11) is 0. The molecule has 3 N–H and O–H groups in total. The maximum Gasteiger partial charge on any atom is 0.430 e. The normalized spacial score (nSPS) is 19.9. The topological polar surface area (TPSA) is 38.0 Å². The molecule has 0 spiro atoms. The zero-order valence-electron chi connectivity index (χ0n) is 9.13. The number of benzene rings is 1. The van der Waals surface area contributed by atoms with Crippen molar-refractivity contribution >= 4 is 17.2 Å². The van der Waals surface area contributed by atoms with Crippen molar-refractivity contribution in [2.45, 2.75) is 12.2 Å². The first kappa shape index (κ1) is 13.0. The maximum atomic E-state index is 12.5. The van der Waals surface area contributed by atoms with Crippen LogP contribution in [0.3, 0.4) is 0 Å². The molecule has 0 saturated carbocycles. The molecule has 0 radical (unpaired) electrons. The highest BCUT2D eigenvalue weighted by Crippen LogP contribution is 2.29. The Bertz CT molecular complexity index is 503. The third kappa shape index (κ3) is 2.68. The lowest BCUT2D eigenvalue weighted by Crippen LogP contribution is -2.32. The van der Waals surface area contributed by atoms with Crippen molar-refractivity contribution in [3.8, 4) is 0 Å². The maximum absolute atomic E-state index is 12.5. The molecule has 2 rings (SSSR count). The highest BCUT2D eigenvalue weighted by Gasteiger charge is 2.35. The van der Waals surface area contributed by atoms with Gasteiger partial charge in [0.2, 0.25) is 0 Å².